The quantitative estimate of drug-likeness (QED) is 0.381. The van der Waals surface area contributed by atoms with Crippen molar-refractivity contribution in [3.05, 3.63) is 0 Å². The summed E-state index contributed by atoms with van der Waals surface area (Å²) in [6.07, 6.45) is 0. The van der Waals surface area contributed by atoms with E-state index in [1.165, 1.54) is 6.92 Å². The average molecular weight is 190 g/mol. The fourth-order valence-electron chi connectivity index (χ4n) is 0.345. The van der Waals surface area contributed by atoms with Crippen LogP contribution in [0.3, 0.4) is 0 Å². The van der Waals surface area contributed by atoms with Gasteiger partial charge in [0.25, 0.3) is 10.1 Å². The van der Waals surface area contributed by atoms with E-state index < -0.39 is 21.4 Å². The first kappa shape index (κ1) is 11.1. The van der Waals surface area contributed by atoms with Crippen molar-refractivity contribution in [2.45, 2.75) is 25.1 Å². The Hall–Kier alpha value is -0.930. The van der Waals surface area contributed by atoms with Crippen molar-refractivity contribution in [1.29, 1.82) is 5.53 Å². The molecule has 5 nitrogen and oxygen atoms in total. The van der Waals surface area contributed by atoms with Crippen molar-refractivity contribution < 1.29 is 13.0 Å². The van der Waals surface area contributed by atoms with Gasteiger partial charge in [0.2, 0.25) is 0 Å². The van der Waals surface area contributed by atoms with Gasteiger partial charge in [-0.15, -0.1) is 0 Å². The molecule has 68 valence electrons. The molecule has 0 saturated carbocycles. The average Bonchev–Trinajstić information content (AvgIpc) is 1.97. The van der Waals surface area contributed by atoms with Crippen LogP contribution in [0.1, 0.15) is 13.8 Å². The lowest BCUT2D eigenvalue weighted by atomic mass is 10.3. The molecule has 2 atom stereocenters. The highest BCUT2D eigenvalue weighted by molar-refractivity contribution is 7.86. The Balaban J connectivity index is 4.43. The largest absolute Gasteiger partial charge is 0.285 e. The van der Waals surface area contributed by atoms with E-state index in [-0.39, 0.29) is 0 Å². The van der Waals surface area contributed by atoms with E-state index in [1.54, 1.807) is 6.92 Å². The van der Waals surface area contributed by atoms with Gasteiger partial charge in [-0.25, -0.2) is 5.53 Å². The molecule has 0 amide bonds. The molecule has 0 aliphatic heterocycles. The number of rotatable bonds is 2. The minimum Gasteiger partial charge on any atom is -0.285 e. The monoisotopic (exact) mass is 190 g/mol. The van der Waals surface area contributed by atoms with Crippen molar-refractivity contribution in [3.63, 3.8) is 0 Å². The summed E-state index contributed by atoms with van der Waals surface area (Å²) in [7, 11) is -4.08. The van der Waals surface area contributed by atoms with Crippen LogP contribution in [0.25, 0.3) is 0 Å². The number of nitrogens with zero attached hydrogens (tertiary/aromatic N) is 1. The zero-order chi connectivity index (χ0) is 9.78. The normalized spacial score (nSPS) is 15.6. The van der Waals surface area contributed by atoms with E-state index in [1.807, 2.05) is 0 Å². The maximum absolute atomic E-state index is 10.4. The van der Waals surface area contributed by atoms with Gasteiger partial charge in [0.1, 0.15) is 11.3 Å². The highest BCUT2D eigenvalue weighted by atomic mass is 32.2. The van der Waals surface area contributed by atoms with Gasteiger partial charge in [0.15, 0.2) is 0 Å². The van der Waals surface area contributed by atoms with Crippen molar-refractivity contribution in [3.8, 4) is 11.8 Å². The van der Waals surface area contributed by atoms with Crippen LogP contribution in [0, 0.1) is 17.4 Å². The van der Waals surface area contributed by atoms with E-state index in [9.17, 15) is 8.42 Å². The van der Waals surface area contributed by atoms with Crippen molar-refractivity contribution in [2.24, 2.45) is 5.11 Å². The lowest BCUT2D eigenvalue weighted by molar-refractivity contribution is 0.478. The van der Waals surface area contributed by atoms with Crippen LogP contribution in [-0.4, -0.2) is 24.3 Å². The Bertz CT molecular complexity index is 311. The summed E-state index contributed by atoms with van der Waals surface area (Å²) >= 11 is 0. The third kappa shape index (κ3) is 4.05. The topological polar surface area (TPSA) is 90.6 Å². The smallest absolute Gasteiger partial charge is 0.278 e. The number of hydrogen-bond acceptors (Lipinski definition) is 4. The molecule has 0 aromatic carbocycles. The number of nitrogens with one attached hydrogen (secondary N) is 1. The highest BCUT2D eigenvalue weighted by Crippen LogP contribution is 1.95. The van der Waals surface area contributed by atoms with E-state index in [0.29, 0.717) is 0 Å². The van der Waals surface area contributed by atoms with Crippen LogP contribution in [0.5, 0.6) is 0 Å². The van der Waals surface area contributed by atoms with Crippen LogP contribution in [0.4, 0.5) is 0 Å². The Morgan fingerprint density at radius 3 is 2.25 bits per heavy atom. The zero-order valence-electron chi connectivity index (χ0n) is 6.77. The SMILES string of the molecule is CC(C#CC(C)S(=O)(=O)O)N=N. The van der Waals surface area contributed by atoms with Crippen LogP contribution in [0.15, 0.2) is 5.11 Å². The Morgan fingerprint density at radius 1 is 1.42 bits per heavy atom. The second-order valence-corrected chi connectivity index (χ2v) is 3.99. The summed E-state index contributed by atoms with van der Waals surface area (Å²) in [5.74, 6) is 4.67. The summed E-state index contributed by atoms with van der Waals surface area (Å²) in [4.78, 5) is 0. The first-order valence-corrected chi connectivity index (χ1v) is 4.72. The Labute approximate surface area is 71.4 Å². The fraction of sp³-hybridized carbons (Fsp3) is 0.667. The van der Waals surface area contributed by atoms with Crippen LogP contribution in [-0.2, 0) is 10.1 Å². The summed E-state index contributed by atoms with van der Waals surface area (Å²) in [5, 5.41) is 1.92. The van der Waals surface area contributed by atoms with Crippen molar-refractivity contribution in [2.75, 3.05) is 0 Å². The van der Waals surface area contributed by atoms with Gasteiger partial charge in [-0.3, -0.25) is 4.55 Å². The molecule has 12 heavy (non-hydrogen) atoms. The molecule has 0 rings (SSSR count). The molecule has 0 fully saturated rings. The molecular formula is C6H10N2O3S. The molecule has 6 heteroatoms. The van der Waals surface area contributed by atoms with E-state index in [0.717, 1.165) is 0 Å². The summed E-state index contributed by atoms with van der Waals surface area (Å²) < 4.78 is 29.3. The third-order valence-electron chi connectivity index (χ3n) is 1.14. The first-order chi connectivity index (χ1) is 5.38. The predicted octanol–water partition coefficient (Wildman–Crippen LogP) is 0.686. The standard InChI is InChI=1S/C6H10N2O3S/c1-5(8-7)3-4-6(2)12(9,10)11/h5-7H,1-2H3,(H,9,10,11). The molecule has 0 saturated heterocycles. The van der Waals surface area contributed by atoms with Gasteiger partial charge < -0.3 is 0 Å². The van der Waals surface area contributed by atoms with E-state index >= 15 is 0 Å². The van der Waals surface area contributed by atoms with Crippen molar-refractivity contribution in [1.82, 2.24) is 0 Å². The lowest BCUT2D eigenvalue weighted by Crippen LogP contribution is -2.14. The lowest BCUT2D eigenvalue weighted by Gasteiger charge is -1.97. The maximum atomic E-state index is 10.4. The Morgan fingerprint density at radius 2 is 1.92 bits per heavy atom. The van der Waals surface area contributed by atoms with Gasteiger partial charge in [-0.1, -0.05) is 11.8 Å². The predicted molar refractivity (Wildman–Crippen MR) is 43.4 cm³/mol. The van der Waals surface area contributed by atoms with Crippen LogP contribution in [0.2, 0.25) is 0 Å². The molecule has 0 bridgehead atoms. The van der Waals surface area contributed by atoms with Gasteiger partial charge in [0, 0.05) is 0 Å². The minimum atomic E-state index is -4.08. The minimum absolute atomic E-state index is 0.533. The van der Waals surface area contributed by atoms with Gasteiger partial charge in [-0.05, 0) is 13.8 Å². The molecule has 0 aliphatic carbocycles. The van der Waals surface area contributed by atoms with Gasteiger partial charge >= 0.3 is 0 Å². The van der Waals surface area contributed by atoms with Crippen LogP contribution >= 0.6 is 0 Å². The Kier molecular flexibility index (Phi) is 3.86. The number of hydrogen-bond donors (Lipinski definition) is 2. The summed E-state index contributed by atoms with van der Waals surface area (Å²) in [5.41, 5.74) is 6.52. The molecular weight excluding hydrogens is 180 g/mol. The molecule has 0 heterocycles. The molecule has 0 spiro atoms. The summed E-state index contributed by atoms with van der Waals surface area (Å²) in [6, 6.07) is -0.533. The van der Waals surface area contributed by atoms with Crippen molar-refractivity contribution >= 4 is 10.1 Å². The first-order valence-electron chi connectivity index (χ1n) is 3.22. The maximum Gasteiger partial charge on any atom is 0.278 e. The summed E-state index contributed by atoms with van der Waals surface area (Å²) in [6.45, 7) is 2.82. The molecule has 2 unspecified atom stereocenters. The molecule has 2 N–H and O–H groups in total. The second kappa shape index (κ2) is 4.18. The zero-order valence-corrected chi connectivity index (χ0v) is 7.59. The van der Waals surface area contributed by atoms with Gasteiger partial charge in [0.05, 0.1) is 0 Å². The molecule has 0 radical (unpaired) electrons. The van der Waals surface area contributed by atoms with E-state index in [4.69, 9.17) is 10.1 Å². The van der Waals surface area contributed by atoms with Crippen LogP contribution < -0.4 is 0 Å². The fourth-order valence-corrected chi connectivity index (χ4v) is 0.562. The molecule has 0 aromatic rings. The van der Waals surface area contributed by atoms with E-state index in [2.05, 4.69) is 17.0 Å². The second-order valence-electron chi connectivity index (χ2n) is 2.25. The third-order valence-corrected chi connectivity index (χ3v) is 2.15. The van der Waals surface area contributed by atoms with Gasteiger partial charge in [-0.2, -0.15) is 13.5 Å². The molecule has 0 aromatic heterocycles. The highest BCUT2D eigenvalue weighted by Gasteiger charge is 2.13. The molecule has 0 aliphatic rings.